The summed E-state index contributed by atoms with van der Waals surface area (Å²) in [6.45, 7) is 3.75. The molecular formula is C16H21NO3. The number of fused-ring (bicyclic) bond motifs is 1. The maximum atomic E-state index is 12.2. The first kappa shape index (κ1) is 14.6. The summed E-state index contributed by atoms with van der Waals surface area (Å²) >= 11 is 0. The highest BCUT2D eigenvalue weighted by atomic mass is 16.4. The van der Waals surface area contributed by atoms with Crippen LogP contribution in [0.15, 0.2) is 18.2 Å². The minimum atomic E-state index is -0.978. The van der Waals surface area contributed by atoms with Crippen molar-refractivity contribution in [1.82, 2.24) is 5.32 Å². The van der Waals surface area contributed by atoms with E-state index in [-0.39, 0.29) is 11.8 Å². The number of carbonyl (C=O) groups is 2. The number of amides is 1. The quantitative estimate of drug-likeness (QED) is 0.867. The van der Waals surface area contributed by atoms with E-state index in [1.807, 2.05) is 26.0 Å². The van der Waals surface area contributed by atoms with Crippen LogP contribution in [-0.2, 0) is 17.6 Å². The van der Waals surface area contributed by atoms with Crippen LogP contribution in [0.1, 0.15) is 48.2 Å². The number of carbonyl (C=O) groups excluding carboxylic acids is 1. The molecule has 0 bridgehead atoms. The first-order chi connectivity index (χ1) is 9.52. The summed E-state index contributed by atoms with van der Waals surface area (Å²) in [6.07, 6.45) is 3.92. The van der Waals surface area contributed by atoms with E-state index in [0.29, 0.717) is 12.0 Å². The fraction of sp³-hybridized carbons (Fsp3) is 0.500. The molecule has 1 amide bonds. The van der Waals surface area contributed by atoms with E-state index in [0.717, 1.165) is 19.3 Å². The van der Waals surface area contributed by atoms with Crippen LogP contribution < -0.4 is 5.32 Å². The minimum absolute atomic E-state index is 0.0918. The van der Waals surface area contributed by atoms with Crippen LogP contribution in [0, 0.1) is 5.92 Å². The van der Waals surface area contributed by atoms with Gasteiger partial charge in [-0.2, -0.15) is 0 Å². The topological polar surface area (TPSA) is 66.4 Å². The molecule has 0 aliphatic heterocycles. The number of hydrogen-bond acceptors (Lipinski definition) is 2. The smallest absolute Gasteiger partial charge is 0.326 e. The number of hydrogen-bond donors (Lipinski definition) is 2. The lowest BCUT2D eigenvalue weighted by Crippen LogP contribution is -2.45. The number of carboxylic acids is 1. The minimum Gasteiger partial charge on any atom is -0.480 e. The zero-order valence-corrected chi connectivity index (χ0v) is 12.0. The highest BCUT2D eigenvalue weighted by Crippen LogP contribution is 2.23. The van der Waals surface area contributed by atoms with Crippen molar-refractivity contribution in [3.8, 4) is 0 Å². The van der Waals surface area contributed by atoms with Crippen molar-refractivity contribution in [2.45, 2.75) is 45.6 Å². The Labute approximate surface area is 119 Å². The standard InChI is InChI=1S/C16H21NO3/c1-3-10(2)14(16(19)20)17-15(18)13-8-7-11-5-4-6-12(11)9-13/h7-10,14H,3-6H2,1-2H3,(H,17,18)(H,19,20). The molecule has 0 aromatic heterocycles. The van der Waals surface area contributed by atoms with Crippen LogP contribution in [0.2, 0.25) is 0 Å². The molecule has 0 saturated carbocycles. The van der Waals surface area contributed by atoms with E-state index in [1.165, 1.54) is 11.1 Å². The average molecular weight is 275 g/mol. The van der Waals surface area contributed by atoms with Gasteiger partial charge in [-0.05, 0) is 48.4 Å². The molecule has 2 atom stereocenters. The number of aliphatic carboxylic acids is 1. The molecule has 20 heavy (non-hydrogen) atoms. The third kappa shape index (κ3) is 3.00. The lowest BCUT2D eigenvalue weighted by molar-refractivity contribution is -0.140. The molecule has 1 aliphatic rings. The number of carboxylic acid groups (broad SMARTS) is 1. The lowest BCUT2D eigenvalue weighted by atomic mass is 9.98. The molecular weight excluding hydrogens is 254 g/mol. The summed E-state index contributed by atoms with van der Waals surface area (Å²) in [5, 5.41) is 11.8. The van der Waals surface area contributed by atoms with Gasteiger partial charge in [0.2, 0.25) is 0 Å². The van der Waals surface area contributed by atoms with Crippen molar-refractivity contribution < 1.29 is 14.7 Å². The second kappa shape index (κ2) is 6.07. The Balaban J connectivity index is 2.12. The summed E-state index contributed by atoms with van der Waals surface area (Å²) in [5.41, 5.74) is 3.08. The third-order valence-corrected chi connectivity index (χ3v) is 4.13. The molecule has 2 rings (SSSR count). The number of aryl methyl sites for hydroxylation is 2. The van der Waals surface area contributed by atoms with Crippen molar-refractivity contribution in [2.24, 2.45) is 5.92 Å². The second-order valence-corrected chi connectivity index (χ2v) is 5.51. The Morgan fingerprint density at radius 3 is 2.65 bits per heavy atom. The summed E-state index contributed by atoms with van der Waals surface area (Å²) < 4.78 is 0. The van der Waals surface area contributed by atoms with Gasteiger partial charge in [0.25, 0.3) is 5.91 Å². The Morgan fingerprint density at radius 2 is 2.00 bits per heavy atom. The normalized spacial score (nSPS) is 16.3. The van der Waals surface area contributed by atoms with Gasteiger partial charge in [0.1, 0.15) is 6.04 Å². The fourth-order valence-corrected chi connectivity index (χ4v) is 2.62. The van der Waals surface area contributed by atoms with Crippen LogP contribution in [-0.4, -0.2) is 23.0 Å². The predicted octanol–water partition coefficient (Wildman–Crippen LogP) is 2.40. The van der Waals surface area contributed by atoms with E-state index >= 15 is 0 Å². The predicted molar refractivity (Wildman–Crippen MR) is 76.8 cm³/mol. The molecule has 0 spiro atoms. The highest BCUT2D eigenvalue weighted by molar-refractivity contribution is 5.96. The molecule has 1 aromatic carbocycles. The third-order valence-electron chi connectivity index (χ3n) is 4.13. The number of nitrogens with one attached hydrogen (secondary N) is 1. The Hall–Kier alpha value is -1.84. The van der Waals surface area contributed by atoms with Crippen LogP contribution in [0.3, 0.4) is 0 Å². The van der Waals surface area contributed by atoms with Gasteiger partial charge >= 0.3 is 5.97 Å². The maximum absolute atomic E-state index is 12.2. The van der Waals surface area contributed by atoms with Gasteiger partial charge < -0.3 is 10.4 Å². The van der Waals surface area contributed by atoms with Crippen LogP contribution >= 0.6 is 0 Å². The van der Waals surface area contributed by atoms with Gasteiger partial charge in [0.15, 0.2) is 0 Å². The summed E-state index contributed by atoms with van der Waals surface area (Å²) in [6, 6.07) is 4.83. The molecule has 1 aliphatic carbocycles. The van der Waals surface area contributed by atoms with Crippen LogP contribution in [0.4, 0.5) is 0 Å². The Morgan fingerprint density at radius 1 is 1.30 bits per heavy atom. The van der Waals surface area contributed by atoms with Gasteiger partial charge in [-0.25, -0.2) is 4.79 Å². The molecule has 0 fully saturated rings. The SMILES string of the molecule is CCC(C)C(NC(=O)c1ccc2c(c1)CCC2)C(=O)O. The lowest BCUT2D eigenvalue weighted by Gasteiger charge is -2.20. The first-order valence-corrected chi connectivity index (χ1v) is 7.18. The molecule has 0 heterocycles. The van der Waals surface area contributed by atoms with Gasteiger partial charge in [-0.1, -0.05) is 26.3 Å². The van der Waals surface area contributed by atoms with E-state index in [1.54, 1.807) is 6.07 Å². The molecule has 108 valence electrons. The molecule has 2 unspecified atom stereocenters. The Bertz CT molecular complexity index is 524. The van der Waals surface area contributed by atoms with Crippen molar-refractivity contribution in [1.29, 1.82) is 0 Å². The maximum Gasteiger partial charge on any atom is 0.326 e. The molecule has 0 saturated heterocycles. The van der Waals surface area contributed by atoms with E-state index < -0.39 is 12.0 Å². The highest BCUT2D eigenvalue weighted by Gasteiger charge is 2.26. The van der Waals surface area contributed by atoms with Crippen molar-refractivity contribution in [3.63, 3.8) is 0 Å². The molecule has 4 heteroatoms. The van der Waals surface area contributed by atoms with E-state index in [4.69, 9.17) is 0 Å². The largest absolute Gasteiger partial charge is 0.480 e. The zero-order valence-electron chi connectivity index (χ0n) is 12.0. The zero-order chi connectivity index (χ0) is 14.7. The monoisotopic (exact) mass is 275 g/mol. The van der Waals surface area contributed by atoms with Gasteiger partial charge in [-0.3, -0.25) is 4.79 Å². The van der Waals surface area contributed by atoms with Crippen LogP contribution in [0.5, 0.6) is 0 Å². The van der Waals surface area contributed by atoms with Crippen molar-refractivity contribution >= 4 is 11.9 Å². The van der Waals surface area contributed by atoms with E-state index in [9.17, 15) is 14.7 Å². The summed E-state index contributed by atoms with van der Waals surface area (Å²) in [4.78, 5) is 23.4. The molecule has 2 N–H and O–H groups in total. The molecule has 4 nitrogen and oxygen atoms in total. The molecule has 1 aromatic rings. The summed E-state index contributed by atoms with van der Waals surface area (Å²) in [7, 11) is 0. The number of rotatable bonds is 5. The van der Waals surface area contributed by atoms with Gasteiger partial charge in [0, 0.05) is 5.56 Å². The Kier molecular flexibility index (Phi) is 4.42. The fourth-order valence-electron chi connectivity index (χ4n) is 2.62. The van der Waals surface area contributed by atoms with Crippen molar-refractivity contribution in [2.75, 3.05) is 0 Å². The van der Waals surface area contributed by atoms with Crippen molar-refractivity contribution in [3.05, 3.63) is 34.9 Å². The van der Waals surface area contributed by atoms with Gasteiger partial charge in [0.05, 0.1) is 0 Å². The average Bonchev–Trinajstić information content (AvgIpc) is 2.90. The second-order valence-electron chi connectivity index (χ2n) is 5.51. The number of benzene rings is 1. The van der Waals surface area contributed by atoms with E-state index in [2.05, 4.69) is 5.32 Å². The first-order valence-electron chi connectivity index (χ1n) is 7.18. The molecule has 0 radical (unpaired) electrons. The van der Waals surface area contributed by atoms with Crippen LogP contribution in [0.25, 0.3) is 0 Å². The summed E-state index contributed by atoms with van der Waals surface area (Å²) in [5.74, 6) is -1.37. The van der Waals surface area contributed by atoms with Gasteiger partial charge in [-0.15, -0.1) is 0 Å².